The summed E-state index contributed by atoms with van der Waals surface area (Å²) in [6, 6.07) is 0. The van der Waals surface area contributed by atoms with Crippen LogP contribution >= 0.6 is 11.8 Å². The van der Waals surface area contributed by atoms with Gasteiger partial charge in [-0.2, -0.15) is 11.8 Å². The van der Waals surface area contributed by atoms with Gasteiger partial charge in [0, 0.05) is 36.8 Å². The van der Waals surface area contributed by atoms with Crippen LogP contribution in [0.15, 0.2) is 0 Å². The molecule has 2 rings (SSSR count). The fourth-order valence-electron chi connectivity index (χ4n) is 1.44. The first-order valence-electron chi connectivity index (χ1n) is 4.39. The predicted molar refractivity (Wildman–Crippen MR) is 48.1 cm³/mol. The Morgan fingerprint density at radius 1 is 1.09 bits per heavy atom. The SMILES string of the molecule is C1CC(SC2CNC2)CCO1. The lowest BCUT2D eigenvalue weighted by molar-refractivity contribution is 0.0998. The molecule has 0 bridgehead atoms. The molecule has 0 aromatic carbocycles. The Balaban J connectivity index is 1.67. The highest BCUT2D eigenvalue weighted by Gasteiger charge is 2.23. The third kappa shape index (κ3) is 2.10. The van der Waals surface area contributed by atoms with Crippen LogP contribution in [0.5, 0.6) is 0 Å². The van der Waals surface area contributed by atoms with Crippen molar-refractivity contribution in [3.8, 4) is 0 Å². The number of thioether (sulfide) groups is 1. The van der Waals surface area contributed by atoms with Gasteiger partial charge in [-0.15, -0.1) is 0 Å². The molecule has 0 amide bonds. The second-order valence-corrected chi connectivity index (χ2v) is 4.83. The van der Waals surface area contributed by atoms with E-state index in [2.05, 4.69) is 17.1 Å². The maximum absolute atomic E-state index is 5.30. The molecular formula is C8H15NOS. The fraction of sp³-hybridized carbons (Fsp3) is 1.00. The van der Waals surface area contributed by atoms with Crippen LogP contribution in [0.3, 0.4) is 0 Å². The van der Waals surface area contributed by atoms with Gasteiger partial charge in [0.15, 0.2) is 0 Å². The molecule has 2 fully saturated rings. The van der Waals surface area contributed by atoms with E-state index in [1.165, 1.54) is 25.9 Å². The Kier molecular flexibility index (Phi) is 2.72. The van der Waals surface area contributed by atoms with Crippen molar-refractivity contribution >= 4 is 11.8 Å². The number of hydrogen-bond donors (Lipinski definition) is 1. The molecule has 0 radical (unpaired) electrons. The van der Waals surface area contributed by atoms with Crippen molar-refractivity contribution in [2.24, 2.45) is 0 Å². The van der Waals surface area contributed by atoms with Crippen LogP contribution < -0.4 is 5.32 Å². The summed E-state index contributed by atoms with van der Waals surface area (Å²) in [5.74, 6) is 0. The smallest absolute Gasteiger partial charge is 0.0476 e. The molecule has 2 aliphatic heterocycles. The highest BCUT2D eigenvalue weighted by atomic mass is 32.2. The van der Waals surface area contributed by atoms with Gasteiger partial charge >= 0.3 is 0 Å². The van der Waals surface area contributed by atoms with Crippen LogP contribution in [0.1, 0.15) is 12.8 Å². The van der Waals surface area contributed by atoms with Gasteiger partial charge in [0.05, 0.1) is 0 Å². The van der Waals surface area contributed by atoms with E-state index in [1.54, 1.807) is 0 Å². The van der Waals surface area contributed by atoms with Gasteiger partial charge in [-0.05, 0) is 12.8 Å². The lowest BCUT2D eigenvalue weighted by Crippen LogP contribution is -2.45. The molecule has 2 aliphatic rings. The van der Waals surface area contributed by atoms with E-state index >= 15 is 0 Å². The monoisotopic (exact) mass is 173 g/mol. The molecule has 0 aromatic heterocycles. The van der Waals surface area contributed by atoms with Crippen LogP contribution in [-0.4, -0.2) is 36.8 Å². The average molecular weight is 173 g/mol. The first kappa shape index (κ1) is 7.90. The molecule has 0 atom stereocenters. The highest BCUT2D eigenvalue weighted by Crippen LogP contribution is 2.27. The van der Waals surface area contributed by atoms with Gasteiger partial charge in [0.25, 0.3) is 0 Å². The summed E-state index contributed by atoms with van der Waals surface area (Å²) in [7, 11) is 0. The first-order valence-corrected chi connectivity index (χ1v) is 5.33. The van der Waals surface area contributed by atoms with Gasteiger partial charge in [-0.1, -0.05) is 0 Å². The quantitative estimate of drug-likeness (QED) is 0.669. The molecule has 2 nitrogen and oxygen atoms in total. The molecule has 1 N–H and O–H groups in total. The van der Waals surface area contributed by atoms with Gasteiger partial charge in [-0.25, -0.2) is 0 Å². The van der Waals surface area contributed by atoms with Crippen LogP contribution in [-0.2, 0) is 4.74 Å². The lowest BCUT2D eigenvalue weighted by Gasteiger charge is -2.31. The minimum atomic E-state index is 0.885. The van der Waals surface area contributed by atoms with Gasteiger partial charge in [0.2, 0.25) is 0 Å². The number of rotatable bonds is 2. The number of ether oxygens (including phenoxy) is 1. The zero-order chi connectivity index (χ0) is 7.52. The van der Waals surface area contributed by atoms with Crippen LogP contribution in [0, 0.1) is 0 Å². The molecule has 2 saturated heterocycles. The summed E-state index contributed by atoms with van der Waals surface area (Å²) >= 11 is 2.16. The Morgan fingerprint density at radius 2 is 1.82 bits per heavy atom. The van der Waals surface area contributed by atoms with Crippen molar-refractivity contribution in [2.45, 2.75) is 23.3 Å². The van der Waals surface area contributed by atoms with Crippen molar-refractivity contribution in [1.82, 2.24) is 5.32 Å². The zero-order valence-electron chi connectivity index (χ0n) is 6.71. The summed E-state index contributed by atoms with van der Waals surface area (Å²) < 4.78 is 5.30. The van der Waals surface area contributed by atoms with Crippen LogP contribution in [0.2, 0.25) is 0 Å². The third-order valence-corrected chi connectivity index (χ3v) is 3.87. The van der Waals surface area contributed by atoms with Gasteiger partial charge in [-0.3, -0.25) is 0 Å². The van der Waals surface area contributed by atoms with E-state index in [1.807, 2.05) is 0 Å². The summed E-state index contributed by atoms with van der Waals surface area (Å²) in [5, 5.41) is 5.08. The first-order chi connectivity index (χ1) is 5.45. The predicted octanol–water partition coefficient (Wildman–Crippen LogP) is 0.870. The van der Waals surface area contributed by atoms with E-state index in [0.717, 1.165) is 23.7 Å². The molecule has 2 heterocycles. The molecule has 11 heavy (non-hydrogen) atoms. The van der Waals surface area contributed by atoms with E-state index in [9.17, 15) is 0 Å². The maximum atomic E-state index is 5.30. The zero-order valence-corrected chi connectivity index (χ0v) is 7.53. The lowest BCUT2D eigenvalue weighted by atomic mass is 10.2. The number of nitrogens with one attached hydrogen (secondary N) is 1. The topological polar surface area (TPSA) is 21.3 Å². The minimum absolute atomic E-state index is 0.885. The van der Waals surface area contributed by atoms with E-state index in [0.29, 0.717) is 0 Å². The molecule has 0 spiro atoms. The van der Waals surface area contributed by atoms with E-state index in [-0.39, 0.29) is 0 Å². The van der Waals surface area contributed by atoms with Crippen LogP contribution in [0.4, 0.5) is 0 Å². The normalized spacial score (nSPS) is 28.4. The molecular weight excluding hydrogens is 158 g/mol. The molecule has 64 valence electrons. The Bertz CT molecular complexity index is 121. The molecule has 0 unspecified atom stereocenters. The van der Waals surface area contributed by atoms with Crippen molar-refractivity contribution in [1.29, 1.82) is 0 Å². The van der Waals surface area contributed by atoms with Gasteiger partial charge in [0.1, 0.15) is 0 Å². The van der Waals surface area contributed by atoms with Crippen molar-refractivity contribution in [3.63, 3.8) is 0 Å². The summed E-state index contributed by atoms with van der Waals surface area (Å²) in [5.41, 5.74) is 0. The molecule has 0 aliphatic carbocycles. The van der Waals surface area contributed by atoms with E-state index < -0.39 is 0 Å². The minimum Gasteiger partial charge on any atom is -0.381 e. The standard InChI is InChI=1S/C8H15NOS/c1-3-10-4-2-7(1)11-8-5-9-6-8/h7-9H,1-6H2. The average Bonchev–Trinajstić information content (AvgIpc) is 1.99. The second-order valence-electron chi connectivity index (χ2n) is 3.23. The van der Waals surface area contributed by atoms with E-state index in [4.69, 9.17) is 4.74 Å². The fourth-order valence-corrected chi connectivity index (χ4v) is 2.88. The van der Waals surface area contributed by atoms with Crippen molar-refractivity contribution < 1.29 is 4.74 Å². The van der Waals surface area contributed by atoms with Gasteiger partial charge < -0.3 is 10.1 Å². The van der Waals surface area contributed by atoms with Crippen molar-refractivity contribution in [3.05, 3.63) is 0 Å². The third-order valence-electron chi connectivity index (χ3n) is 2.30. The number of hydrogen-bond acceptors (Lipinski definition) is 3. The molecule has 0 saturated carbocycles. The summed E-state index contributed by atoms with van der Waals surface area (Å²) in [4.78, 5) is 0. The van der Waals surface area contributed by atoms with Crippen LogP contribution in [0.25, 0.3) is 0 Å². The molecule has 3 heteroatoms. The highest BCUT2D eigenvalue weighted by molar-refractivity contribution is 8.00. The Hall–Kier alpha value is 0.270. The second kappa shape index (κ2) is 3.78. The maximum Gasteiger partial charge on any atom is 0.0476 e. The molecule has 0 aromatic rings. The summed E-state index contributed by atoms with van der Waals surface area (Å²) in [6.07, 6.45) is 2.53. The largest absolute Gasteiger partial charge is 0.381 e. The summed E-state index contributed by atoms with van der Waals surface area (Å²) in [6.45, 7) is 4.42. The Morgan fingerprint density at radius 3 is 2.36 bits per heavy atom. The Labute approximate surface area is 72.1 Å². The van der Waals surface area contributed by atoms with Crippen molar-refractivity contribution in [2.75, 3.05) is 26.3 Å².